The molecule has 0 aliphatic rings. The number of rotatable bonds is 28. The second kappa shape index (κ2) is 24.7. The summed E-state index contributed by atoms with van der Waals surface area (Å²) in [6, 6.07) is 8.90. The largest absolute Gasteiger partial charge is 0.359 e. The Morgan fingerprint density at radius 2 is 0.543 bits per heavy atom. The van der Waals surface area contributed by atoms with Gasteiger partial charge in [0.2, 0.25) is 0 Å². The molecular formula is C32H71NSi2. The minimum Gasteiger partial charge on any atom is -0.359 e. The van der Waals surface area contributed by atoms with Gasteiger partial charge in [-0.25, -0.2) is 0 Å². The highest BCUT2D eigenvalue weighted by Gasteiger charge is 2.38. The van der Waals surface area contributed by atoms with Crippen LogP contribution >= 0.6 is 0 Å². The number of hydrogen-bond donors (Lipinski definition) is 1. The van der Waals surface area contributed by atoms with Gasteiger partial charge in [-0.15, -0.1) is 0 Å². The van der Waals surface area contributed by atoms with Crippen molar-refractivity contribution in [1.82, 2.24) is 4.65 Å². The zero-order valence-electron chi connectivity index (χ0n) is 25.9. The zero-order chi connectivity index (χ0) is 26.1. The topological polar surface area (TPSA) is 12.0 Å². The van der Waals surface area contributed by atoms with Gasteiger partial charge in [-0.1, -0.05) is 170 Å². The highest BCUT2D eigenvalue weighted by atomic mass is 28.4. The van der Waals surface area contributed by atoms with Crippen LogP contribution < -0.4 is 4.65 Å². The maximum Gasteiger partial charge on any atom is 0.118 e. The molecule has 1 nitrogen and oxygen atoms in total. The third-order valence-electron chi connectivity index (χ3n) is 9.26. The number of unbranched alkanes of at least 4 members (excludes halogenated alkanes) is 18. The molecule has 35 heavy (non-hydrogen) atoms. The van der Waals surface area contributed by atoms with Gasteiger partial charge in [-0.2, -0.15) is 0 Å². The summed E-state index contributed by atoms with van der Waals surface area (Å²) in [5, 5.41) is 0. The fourth-order valence-electron chi connectivity index (χ4n) is 6.15. The van der Waals surface area contributed by atoms with Gasteiger partial charge < -0.3 is 4.65 Å². The van der Waals surface area contributed by atoms with Crippen LogP contribution in [0.3, 0.4) is 0 Å². The van der Waals surface area contributed by atoms with E-state index in [-0.39, 0.29) is 0 Å². The summed E-state index contributed by atoms with van der Waals surface area (Å²) in [7, 11) is -2.59. The molecule has 0 amide bonds. The number of hydrogen-bond acceptors (Lipinski definition) is 1. The van der Waals surface area contributed by atoms with Crippen LogP contribution in [0.5, 0.6) is 0 Å². The van der Waals surface area contributed by atoms with Gasteiger partial charge >= 0.3 is 0 Å². The van der Waals surface area contributed by atoms with Crippen LogP contribution in [-0.4, -0.2) is 16.5 Å². The van der Waals surface area contributed by atoms with E-state index < -0.39 is 16.5 Å². The van der Waals surface area contributed by atoms with Crippen molar-refractivity contribution in [2.75, 3.05) is 0 Å². The molecule has 0 heterocycles. The second-order valence-corrected chi connectivity index (χ2v) is 21.9. The first-order valence-corrected chi connectivity index (χ1v) is 22.1. The molecule has 0 aromatic carbocycles. The van der Waals surface area contributed by atoms with Crippen molar-refractivity contribution in [3.05, 3.63) is 0 Å². The average Bonchev–Trinajstić information content (AvgIpc) is 2.89. The predicted octanol–water partition coefficient (Wildman–Crippen LogP) is 12.4. The minimum absolute atomic E-state index is 1.30. The van der Waals surface area contributed by atoms with Crippen LogP contribution in [0, 0.1) is 0 Å². The van der Waals surface area contributed by atoms with Crippen molar-refractivity contribution in [2.45, 2.75) is 206 Å². The van der Waals surface area contributed by atoms with E-state index in [2.05, 4.69) is 46.2 Å². The molecule has 212 valence electrons. The lowest BCUT2D eigenvalue weighted by Crippen LogP contribution is -2.63. The van der Waals surface area contributed by atoms with Crippen molar-refractivity contribution >= 4 is 16.5 Å². The van der Waals surface area contributed by atoms with Crippen molar-refractivity contribution in [2.24, 2.45) is 0 Å². The van der Waals surface area contributed by atoms with Gasteiger partial charge in [0, 0.05) is 0 Å². The van der Waals surface area contributed by atoms with E-state index >= 15 is 0 Å². The Kier molecular flexibility index (Phi) is 25.0. The molecule has 0 spiro atoms. The lowest BCUT2D eigenvalue weighted by atomic mass is 10.1. The van der Waals surface area contributed by atoms with E-state index in [0.717, 1.165) is 0 Å². The molecular weight excluding hydrogens is 455 g/mol. The predicted molar refractivity (Wildman–Crippen MR) is 170 cm³/mol. The molecule has 0 unspecified atom stereocenters. The van der Waals surface area contributed by atoms with Crippen LogP contribution in [0.4, 0.5) is 0 Å². The maximum atomic E-state index is 4.62. The molecule has 3 heteroatoms. The van der Waals surface area contributed by atoms with E-state index in [9.17, 15) is 0 Å². The lowest BCUT2D eigenvalue weighted by molar-refractivity contribution is 0.560. The molecule has 0 bridgehead atoms. The normalized spacial score (nSPS) is 12.5. The third kappa shape index (κ3) is 18.3. The van der Waals surface area contributed by atoms with Gasteiger partial charge in [0.25, 0.3) is 0 Å². The highest BCUT2D eigenvalue weighted by molar-refractivity contribution is 6.93. The monoisotopic (exact) mass is 526 g/mol. The zero-order valence-corrected chi connectivity index (χ0v) is 27.9. The molecule has 0 radical (unpaired) electrons. The second-order valence-electron chi connectivity index (χ2n) is 12.0. The van der Waals surface area contributed by atoms with Crippen LogP contribution in [0.25, 0.3) is 0 Å². The van der Waals surface area contributed by atoms with Crippen molar-refractivity contribution in [3.63, 3.8) is 0 Å². The number of nitrogens with one attached hydrogen (secondary N) is 1. The molecule has 0 aliphatic heterocycles. The van der Waals surface area contributed by atoms with E-state index in [0.29, 0.717) is 0 Å². The van der Waals surface area contributed by atoms with Gasteiger partial charge in [-0.3, -0.25) is 0 Å². The Morgan fingerprint density at radius 3 is 0.771 bits per heavy atom. The summed E-state index contributed by atoms with van der Waals surface area (Å²) in [6.45, 7) is 14.7. The van der Waals surface area contributed by atoms with E-state index in [1.54, 1.807) is 12.1 Å². The SMILES string of the molecule is CCCCCCCCCCCC[Si](CC)(CC)N[Si](CC)(CC)CCCCCCCCCCCC. The lowest BCUT2D eigenvalue weighted by Gasteiger charge is -2.42. The third-order valence-corrected chi connectivity index (χ3v) is 21.5. The smallest absolute Gasteiger partial charge is 0.118 e. The summed E-state index contributed by atoms with van der Waals surface area (Å²) in [5.41, 5.74) is 0. The van der Waals surface area contributed by atoms with E-state index in [4.69, 9.17) is 0 Å². The standard InChI is InChI=1S/C32H71NSi2/c1-7-13-15-17-19-21-23-25-27-29-31-34(9-3,10-4)33-35(11-5,12-6)32-30-28-26-24-22-20-18-16-14-8-2/h33H,7-32H2,1-6H3. The fraction of sp³-hybridized carbons (Fsp3) is 1.00. The summed E-state index contributed by atoms with van der Waals surface area (Å²) in [5.74, 6) is 0. The Morgan fingerprint density at radius 1 is 0.314 bits per heavy atom. The van der Waals surface area contributed by atoms with Gasteiger partial charge in [0.05, 0.1) is 0 Å². The first-order valence-electron chi connectivity index (χ1n) is 16.9. The van der Waals surface area contributed by atoms with Crippen molar-refractivity contribution in [3.8, 4) is 0 Å². The molecule has 0 atom stereocenters. The fourth-order valence-corrected chi connectivity index (χ4v) is 18.7. The molecule has 0 saturated carbocycles. The molecule has 0 fully saturated rings. The summed E-state index contributed by atoms with van der Waals surface area (Å²) in [4.78, 5) is 0. The molecule has 0 rings (SSSR count). The van der Waals surface area contributed by atoms with Crippen molar-refractivity contribution in [1.29, 1.82) is 0 Å². The average molecular weight is 526 g/mol. The first-order chi connectivity index (χ1) is 17.1. The summed E-state index contributed by atoms with van der Waals surface area (Å²) >= 11 is 0. The van der Waals surface area contributed by atoms with Crippen molar-refractivity contribution < 1.29 is 0 Å². The molecule has 0 aromatic heterocycles. The quantitative estimate of drug-likeness (QED) is 0.0790. The molecule has 0 saturated heterocycles. The Labute approximate surface area is 227 Å². The van der Waals surface area contributed by atoms with Gasteiger partial charge in [-0.05, 0) is 36.3 Å². The van der Waals surface area contributed by atoms with Gasteiger partial charge in [0.1, 0.15) is 16.5 Å². The van der Waals surface area contributed by atoms with E-state index in [1.807, 2.05) is 0 Å². The summed E-state index contributed by atoms with van der Waals surface area (Å²) < 4.78 is 4.62. The van der Waals surface area contributed by atoms with Crippen LogP contribution in [0.1, 0.15) is 170 Å². The Hall–Kier alpha value is 0.394. The van der Waals surface area contributed by atoms with Crippen LogP contribution in [0.2, 0.25) is 36.3 Å². The molecule has 1 N–H and O–H groups in total. The van der Waals surface area contributed by atoms with Crippen LogP contribution in [0.15, 0.2) is 0 Å². The first kappa shape index (κ1) is 35.4. The highest BCUT2D eigenvalue weighted by Crippen LogP contribution is 2.29. The maximum absolute atomic E-state index is 4.62. The Balaban J connectivity index is 4.29. The molecule has 0 aliphatic carbocycles. The van der Waals surface area contributed by atoms with E-state index in [1.165, 1.54) is 153 Å². The summed E-state index contributed by atoms with van der Waals surface area (Å²) in [6.07, 6.45) is 29.3. The molecule has 0 aromatic rings. The minimum atomic E-state index is -1.30. The Bertz CT molecular complexity index is 380. The van der Waals surface area contributed by atoms with Crippen LogP contribution in [-0.2, 0) is 0 Å². The van der Waals surface area contributed by atoms with Gasteiger partial charge in [0.15, 0.2) is 0 Å².